The number of nitrogens with two attached hydrogens (primary N) is 1. The van der Waals surface area contributed by atoms with E-state index in [4.69, 9.17) is 0 Å². The molecule has 3 aromatic rings. The minimum atomic E-state index is -4.18. The summed E-state index contributed by atoms with van der Waals surface area (Å²) in [4.78, 5) is 30.4. The Labute approximate surface area is 251 Å². The summed E-state index contributed by atoms with van der Waals surface area (Å²) in [5, 5.41) is 10.5. The number of carboxylic acids is 1. The number of carboxylic acid groups (broad SMARTS) is 1. The standard InChI is InChI=1S/C32H36N2O3.C2H4F3N/c1-2-25(24-12-4-3-5-13-24)30(35)34-22-20-33(21-23-34)19-11-10-18-32(31(36)37)28-16-8-6-14-26(28)27-15-7-9-17-29(27)32;3-2(4,5)1-6/h3-9,12-17,25H,2,10-11,18-23H2,1H3,(H,36,37);1,6H2. The van der Waals surface area contributed by atoms with E-state index in [1.807, 2.05) is 83.8 Å². The predicted molar refractivity (Wildman–Crippen MR) is 162 cm³/mol. The normalized spacial score (nSPS) is 16.4. The second kappa shape index (κ2) is 14.2. The lowest BCUT2D eigenvalue weighted by molar-refractivity contribution is -0.142. The summed E-state index contributed by atoms with van der Waals surface area (Å²) >= 11 is 0. The van der Waals surface area contributed by atoms with E-state index in [2.05, 4.69) is 17.6 Å². The Morgan fingerprint density at radius 3 is 1.86 bits per heavy atom. The van der Waals surface area contributed by atoms with Crippen LogP contribution in [-0.2, 0) is 15.0 Å². The summed E-state index contributed by atoms with van der Waals surface area (Å²) < 4.78 is 32.0. The maximum absolute atomic E-state index is 13.2. The molecule has 0 spiro atoms. The van der Waals surface area contributed by atoms with Crippen LogP contribution in [0.15, 0.2) is 78.9 Å². The van der Waals surface area contributed by atoms with Crippen LogP contribution < -0.4 is 5.73 Å². The highest BCUT2D eigenvalue weighted by molar-refractivity contribution is 5.97. The lowest BCUT2D eigenvalue weighted by atomic mass is 9.74. The molecule has 43 heavy (non-hydrogen) atoms. The number of carbonyl (C=O) groups is 2. The first-order valence-electron chi connectivity index (χ1n) is 14.9. The van der Waals surface area contributed by atoms with Gasteiger partial charge in [-0.15, -0.1) is 0 Å². The van der Waals surface area contributed by atoms with Gasteiger partial charge in [-0.25, -0.2) is 0 Å². The maximum Gasteiger partial charge on any atom is 0.400 e. The average Bonchev–Trinajstić information content (AvgIpc) is 3.31. The van der Waals surface area contributed by atoms with E-state index in [-0.39, 0.29) is 11.8 Å². The molecule has 9 heteroatoms. The third-order valence-corrected chi connectivity index (χ3v) is 8.53. The van der Waals surface area contributed by atoms with Crippen molar-refractivity contribution in [2.24, 2.45) is 5.73 Å². The first-order chi connectivity index (χ1) is 20.6. The van der Waals surface area contributed by atoms with E-state index in [0.29, 0.717) is 6.42 Å². The summed E-state index contributed by atoms with van der Waals surface area (Å²) in [5.41, 5.74) is 8.22. The molecule has 1 atom stereocenters. The number of aliphatic carboxylic acids is 1. The van der Waals surface area contributed by atoms with Crippen molar-refractivity contribution in [1.82, 2.24) is 9.80 Å². The second-order valence-electron chi connectivity index (χ2n) is 11.1. The number of alkyl halides is 3. The van der Waals surface area contributed by atoms with Crippen molar-refractivity contribution in [3.05, 3.63) is 95.6 Å². The molecule has 0 bridgehead atoms. The zero-order valence-electron chi connectivity index (χ0n) is 24.5. The van der Waals surface area contributed by atoms with Crippen molar-refractivity contribution in [2.75, 3.05) is 39.3 Å². The van der Waals surface area contributed by atoms with Crippen molar-refractivity contribution in [3.63, 3.8) is 0 Å². The van der Waals surface area contributed by atoms with Crippen LogP contribution >= 0.6 is 0 Å². The highest BCUT2D eigenvalue weighted by Crippen LogP contribution is 2.51. The minimum Gasteiger partial charge on any atom is -0.480 e. The highest BCUT2D eigenvalue weighted by Gasteiger charge is 2.48. The predicted octanol–water partition coefficient (Wildman–Crippen LogP) is 6.05. The molecule has 1 unspecified atom stereocenters. The van der Waals surface area contributed by atoms with Crippen LogP contribution in [0.25, 0.3) is 11.1 Å². The third kappa shape index (κ3) is 7.28. The molecule has 1 fully saturated rings. The van der Waals surface area contributed by atoms with Gasteiger partial charge in [0.2, 0.25) is 5.91 Å². The largest absolute Gasteiger partial charge is 0.480 e. The molecule has 0 radical (unpaired) electrons. The summed E-state index contributed by atoms with van der Waals surface area (Å²) in [5.74, 6) is -0.603. The van der Waals surface area contributed by atoms with Crippen molar-refractivity contribution in [1.29, 1.82) is 0 Å². The number of benzene rings is 3. The van der Waals surface area contributed by atoms with Crippen LogP contribution in [0.5, 0.6) is 0 Å². The Kier molecular flexibility index (Phi) is 10.6. The zero-order chi connectivity index (χ0) is 31.0. The number of halogens is 3. The third-order valence-electron chi connectivity index (χ3n) is 8.53. The first-order valence-corrected chi connectivity index (χ1v) is 14.9. The SMILES string of the molecule is CCC(C(=O)N1CCN(CCCCC2(C(=O)O)c3ccccc3-c3ccccc32)CC1)c1ccccc1.NCC(F)(F)F. The van der Waals surface area contributed by atoms with Gasteiger partial charge < -0.3 is 15.7 Å². The van der Waals surface area contributed by atoms with Crippen LogP contribution in [0.3, 0.4) is 0 Å². The van der Waals surface area contributed by atoms with Gasteiger partial charge in [0.15, 0.2) is 0 Å². The Morgan fingerprint density at radius 1 is 0.860 bits per heavy atom. The number of hydrogen-bond donors (Lipinski definition) is 2. The Balaban J connectivity index is 0.000000641. The van der Waals surface area contributed by atoms with Gasteiger partial charge in [0, 0.05) is 26.2 Å². The van der Waals surface area contributed by atoms with Crippen molar-refractivity contribution >= 4 is 11.9 Å². The van der Waals surface area contributed by atoms with Crippen LogP contribution in [0.1, 0.15) is 55.2 Å². The number of hydrogen-bond acceptors (Lipinski definition) is 4. The molecule has 1 saturated heterocycles. The summed E-state index contributed by atoms with van der Waals surface area (Å²) in [6.45, 7) is 5.02. The van der Waals surface area contributed by atoms with Crippen LogP contribution in [-0.4, -0.2) is 72.2 Å². The van der Waals surface area contributed by atoms with Crippen molar-refractivity contribution < 1.29 is 27.9 Å². The monoisotopic (exact) mass is 595 g/mol. The number of nitrogens with zero attached hydrogens (tertiary/aromatic N) is 2. The Bertz CT molecular complexity index is 1330. The van der Waals surface area contributed by atoms with E-state index in [1.165, 1.54) is 0 Å². The Morgan fingerprint density at radius 2 is 1.37 bits per heavy atom. The molecule has 6 nitrogen and oxygen atoms in total. The summed E-state index contributed by atoms with van der Waals surface area (Å²) in [6.07, 6.45) is -1.01. The van der Waals surface area contributed by atoms with Gasteiger partial charge in [-0.05, 0) is 53.6 Å². The van der Waals surface area contributed by atoms with E-state index >= 15 is 0 Å². The lowest BCUT2D eigenvalue weighted by Gasteiger charge is -2.36. The van der Waals surface area contributed by atoms with Crippen molar-refractivity contribution in [3.8, 4) is 11.1 Å². The molecular weight excluding hydrogens is 555 g/mol. The first kappa shape index (κ1) is 32.2. The van der Waals surface area contributed by atoms with E-state index in [0.717, 1.165) is 79.8 Å². The summed E-state index contributed by atoms with van der Waals surface area (Å²) in [6, 6.07) is 26.0. The average molecular weight is 596 g/mol. The highest BCUT2D eigenvalue weighted by atomic mass is 19.4. The molecule has 0 saturated carbocycles. The molecule has 5 rings (SSSR count). The number of rotatable bonds is 9. The lowest BCUT2D eigenvalue weighted by Crippen LogP contribution is -2.50. The fourth-order valence-electron chi connectivity index (χ4n) is 6.31. The van der Waals surface area contributed by atoms with Gasteiger partial charge in [-0.2, -0.15) is 13.2 Å². The van der Waals surface area contributed by atoms with Crippen LogP contribution in [0, 0.1) is 0 Å². The quantitative estimate of drug-likeness (QED) is 0.294. The number of unbranched alkanes of at least 4 members (excludes halogenated alkanes) is 1. The smallest absolute Gasteiger partial charge is 0.400 e. The minimum absolute atomic E-state index is 0.0721. The molecule has 0 aromatic heterocycles. The van der Waals surface area contributed by atoms with E-state index in [1.54, 1.807) is 0 Å². The second-order valence-corrected chi connectivity index (χ2v) is 11.1. The molecular formula is C34H40F3N3O3. The van der Waals surface area contributed by atoms with Crippen molar-refractivity contribution in [2.45, 2.75) is 50.1 Å². The van der Waals surface area contributed by atoms with Crippen LogP contribution in [0.2, 0.25) is 0 Å². The topological polar surface area (TPSA) is 86.9 Å². The molecule has 2 aliphatic rings. The van der Waals surface area contributed by atoms with E-state index < -0.39 is 24.1 Å². The molecule has 1 aliphatic carbocycles. The maximum atomic E-state index is 13.2. The van der Waals surface area contributed by atoms with Gasteiger partial charge in [-0.3, -0.25) is 14.5 Å². The molecule has 3 N–H and O–H groups in total. The number of carbonyl (C=O) groups excluding carboxylic acids is 1. The Hall–Kier alpha value is -3.69. The zero-order valence-corrected chi connectivity index (χ0v) is 24.5. The van der Waals surface area contributed by atoms with Gasteiger partial charge >= 0.3 is 12.1 Å². The van der Waals surface area contributed by atoms with Gasteiger partial charge in [0.1, 0.15) is 5.41 Å². The van der Waals surface area contributed by atoms with E-state index in [9.17, 15) is 27.9 Å². The van der Waals surface area contributed by atoms with Gasteiger partial charge in [0.25, 0.3) is 0 Å². The van der Waals surface area contributed by atoms with Gasteiger partial charge in [0.05, 0.1) is 12.5 Å². The summed E-state index contributed by atoms with van der Waals surface area (Å²) in [7, 11) is 0. The number of fused-ring (bicyclic) bond motifs is 3. The number of amides is 1. The molecule has 1 aliphatic heterocycles. The van der Waals surface area contributed by atoms with Crippen LogP contribution in [0.4, 0.5) is 13.2 Å². The molecule has 230 valence electrons. The molecule has 1 heterocycles. The fraction of sp³-hybridized carbons (Fsp3) is 0.412. The fourth-order valence-corrected chi connectivity index (χ4v) is 6.31. The van der Waals surface area contributed by atoms with Gasteiger partial charge in [-0.1, -0.05) is 92.2 Å². The molecule has 3 aromatic carbocycles. The number of piperazine rings is 1. The molecule has 1 amide bonds.